The minimum atomic E-state index is 0.392. The van der Waals surface area contributed by atoms with Gasteiger partial charge in [-0.15, -0.1) is 0 Å². The first kappa shape index (κ1) is 6.05. The van der Waals surface area contributed by atoms with Gasteiger partial charge < -0.3 is 10.6 Å². The zero-order chi connectivity index (χ0) is 5.98. The summed E-state index contributed by atoms with van der Waals surface area (Å²) in [7, 11) is 0. The standard InChI is InChI=1S/C6H13N2/c1-5-6(2)8-4-3-7-5/h5-8H,1,3-4H2,2H3. The first-order valence-electron chi connectivity index (χ1n) is 3.10. The summed E-state index contributed by atoms with van der Waals surface area (Å²) >= 11 is 0. The van der Waals surface area contributed by atoms with Crippen LogP contribution in [0.3, 0.4) is 0 Å². The lowest BCUT2D eigenvalue weighted by Gasteiger charge is -2.27. The van der Waals surface area contributed by atoms with Crippen LogP contribution in [0.2, 0.25) is 0 Å². The van der Waals surface area contributed by atoms with Crippen molar-refractivity contribution in [1.29, 1.82) is 0 Å². The maximum Gasteiger partial charge on any atom is 0.0219 e. The molecule has 0 bridgehead atoms. The molecule has 2 nitrogen and oxygen atoms in total. The van der Waals surface area contributed by atoms with Crippen molar-refractivity contribution in [1.82, 2.24) is 10.6 Å². The largest absolute Gasteiger partial charge is 0.311 e. The van der Waals surface area contributed by atoms with Crippen LogP contribution in [-0.4, -0.2) is 25.2 Å². The molecule has 0 aromatic carbocycles. The Morgan fingerprint density at radius 2 is 2.00 bits per heavy atom. The van der Waals surface area contributed by atoms with E-state index in [1.54, 1.807) is 0 Å². The minimum absolute atomic E-state index is 0.392. The molecule has 0 saturated carbocycles. The third-order valence-corrected chi connectivity index (χ3v) is 1.60. The van der Waals surface area contributed by atoms with E-state index in [1.165, 1.54) is 0 Å². The Morgan fingerprint density at radius 3 is 2.38 bits per heavy atom. The lowest BCUT2D eigenvalue weighted by Crippen LogP contribution is -2.53. The van der Waals surface area contributed by atoms with E-state index in [9.17, 15) is 0 Å². The van der Waals surface area contributed by atoms with Gasteiger partial charge in [0.1, 0.15) is 0 Å². The topological polar surface area (TPSA) is 24.1 Å². The molecule has 2 unspecified atom stereocenters. The van der Waals surface area contributed by atoms with Gasteiger partial charge in [-0.3, -0.25) is 0 Å². The Labute approximate surface area is 50.7 Å². The van der Waals surface area contributed by atoms with Crippen LogP contribution in [0.4, 0.5) is 0 Å². The fourth-order valence-corrected chi connectivity index (χ4v) is 0.876. The first-order valence-corrected chi connectivity index (χ1v) is 3.10. The van der Waals surface area contributed by atoms with Gasteiger partial charge in [0.05, 0.1) is 0 Å². The molecule has 0 spiro atoms. The monoisotopic (exact) mass is 113 g/mol. The molecule has 2 atom stereocenters. The molecular weight excluding hydrogens is 100 g/mol. The molecule has 1 aliphatic heterocycles. The Bertz CT molecular complexity index is 62.9. The normalized spacial score (nSPS) is 39.8. The number of rotatable bonds is 0. The van der Waals surface area contributed by atoms with Gasteiger partial charge in [-0.2, -0.15) is 0 Å². The van der Waals surface area contributed by atoms with Gasteiger partial charge in [-0.05, 0) is 13.8 Å². The lowest BCUT2D eigenvalue weighted by molar-refractivity contribution is 0.381. The van der Waals surface area contributed by atoms with Gasteiger partial charge in [-0.25, -0.2) is 0 Å². The molecule has 8 heavy (non-hydrogen) atoms. The van der Waals surface area contributed by atoms with Gasteiger partial charge in [0.2, 0.25) is 0 Å². The smallest absolute Gasteiger partial charge is 0.0219 e. The molecule has 0 aromatic heterocycles. The van der Waals surface area contributed by atoms with E-state index >= 15 is 0 Å². The summed E-state index contributed by atoms with van der Waals surface area (Å²) in [5.41, 5.74) is 0. The van der Waals surface area contributed by atoms with E-state index in [1.807, 2.05) is 0 Å². The van der Waals surface area contributed by atoms with Gasteiger partial charge in [0, 0.05) is 25.2 Å². The first-order chi connectivity index (χ1) is 3.80. The van der Waals surface area contributed by atoms with Crippen molar-refractivity contribution in [3.05, 3.63) is 6.92 Å². The average Bonchev–Trinajstić information content (AvgIpc) is 1.77. The van der Waals surface area contributed by atoms with Gasteiger partial charge in [0.15, 0.2) is 0 Å². The molecule has 47 valence electrons. The van der Waals surface area contributed by atoms with Crippen molar-refractivity contribution < 1.29 is 0 Å². The summed E-state index contributed by atoms with van der Waals surface area (Å²) in [6.07, 6.45) is 0. The zero-order valence-electron chi connectivity index (χ0n) is 5.28. The molecule has 1 rings (SSSR count). The summed E-state index contributed by atoms with van der Waals surface area (Å²) in [6, 6.07) is 0.924. The second-order valence-corrected chi connectivity index (χ2v) is 2.30. The molecule has 1 heterocycles. The van der Waals surface area contributed by atoms with Crippen LogP contribution >= 0.6 is 0 Å². The Balaban J connectivity index is 2.28. The zero-order valence-corrected chi connectivity index (χ0v) is 5.28. The Morgan fingerprint density at radius 1 is 1.38 bits per heavy atom. The highest BCUT2D eigenvalue weighted by Gasteiger charge is 2.13. The maximum atomic E-state index is 3.90. The summed E-state index contributed by atoms with van der Waals surface area (Å²) in [5.74, 6) is 0. The SMILES string of the molecule is [CH2]C1NCCNC1C. The van der Waals surface area contributed by atoms with Gasteiger partial charge >= 0.3 is 0 Å². The molecule has 2 heteroatoms. The average molecular weight is 113 g/mol. The molecule has 0 aromatic rings. The summed E-state index contributed by atoms with van der Waals surface area (Å²) in [6.45, 7) is 8.18. The lowest BCUT2D eigenvalue weighted by atomic mass is 10.1. The predicted molar refractivity (Wildman–Crippen MR) is 34.6 cm³/mol. The van der Waals surface area contributed by atoms with E-state index in [2.05, 4.69) is 24.5 Å². The van der Waals surface area contributed by atoms with Crippen LogP contribution < -0.4 is 10.6 Å². The van der Waals surface area contributed by atoms with Crippen LogP contribution in [0.15, 0.2) is 0 Å². The maximum absolute atomic E-state index is 3.90. The summed E-state index contributed by atoms with van der Waals surface area (Å²) < 4.78 is 0. The van der Waals surface area contributed by atoms with Crippen molar-refractivity contribution in [3.63, 3.8) is 0 Å². The van der Waals surface area contributed by atoms with Gasteiger partial charge in [-0.1, -0.05) is 0 Å². The Kier molecular flexibility index (Phi) is 1.86. The number of nitrogens with one attached hydrogen (secondary N) is 2. The van der Waals surface area contributed by atoms with E-state index in [0.29, 0.717) is 12.1 Å². The van der Waals surface area contributed by atoms with Crippen LogP contribution in [0.25, 0.3) is 0 Å². The highest BCUT2D eigenvalue weighted by atomic mass is 15.1. The highest BCUT2D eigenvalue weighted by Crippen LogP contribution is 1.93. The molecule has 0 aliphatic carbocycles. The number of piperazine rings is 1. The molecule has 1 aliphatic rings. The van der Waals surface area contributed by atoms with Crippen molar-refractivity contribution in [2.45, 2.75) is 19.0 Å². The minimum Gasteiger partial charge on any atom is -0.311 e. The summed E-state index contributed by atoms with van der Waals surface area (Å²) in [5, 5.41) is 6.56. The second kappa shape index (κ2) is 2.46. The highest BCUT2D eigenvalue weighted by molar-refractivity contribution is 4.84. The van der Waals surface area contributed by atoms with Crippen LogP contribution in [0.1, 0.15) is 6.92 Å². The second-order valence-electron chi connectivity index (χ2n) is 2.30. The van der Waals surface area contributed by atoms with Crippen molar-refractivity contribution >= 4 is 0 Å². The summed E-state index contributed by atoms with van der Waals surface area (Å²) in [4.78, 5) is 0. The molecule has 1 saturated heterocycles. The Hall–Kier alpha value is -0.0800. The van der Waals surface area contributed by atoms with Crippen LogP contribution in [0.5, 0.6) is 0 Å². The van der Waals surface area contributed by atoms with Gasteiger partial charge in [0.25, 0.3) is 0 Å². The molecule has 1 fully saturated rings. The van der Waals surface area contributed by atoms with Crippen LogP contribution in [0, 0.1) is 6.92 Å². The van der Waals surface area contributed by atoms with Crippen LogP contribution in [-0.2, 0) is 0 Å². The van der Waals surface area contributed by atoms with E-state index < -0.39 is 0 Å². The quantitative estimate of drug-likeness (QED) is 0.453. The fraction of sp³-hybridized carbons (Fsp3) is 0.833. The van der Waals surface area contributed by atoms with E-state index in [-0.39, 0.29) is 0 Å². The van der Waals surface area contributed by atoms with Crippen molar-refractivity contribution in [2.75, 3.05) is 13.1 Å². The predicted octanol–water partition coefficient (Wildman–Crippen LogP) is -0.230. The molecule has 1 radical (unpaired) electrons. The number of hydrogen-bond donors (Lipinski definition) is 2. The van der Waals surface area contributed by atoms with E-state index in [4.69, 9.17) is 0 Å². The van der Waals surface area contributed by atoms with Crippen molar-refractivity contribution in [3.8, 4) is 0 Å². The number of hydrogen-bond acceptors (Lipinski definition) is 2. The third-order valence-electron chi connectivity index (χ3n) is 1.60. The molecule has 0 amide bonds. The molecule has 2 N–H and O–H groups in total. The van der Waals surface area contributed by atoms with Crippen molar-refractivity contribution in [2.24, 2.45) is 0 Å². The fourth-order valence-electron chi connectivity index (χ4n) is 0.876. The van der Waals surface area contributed by atoms with E-state index in [0.717, 1.165) is 13.1 Å². The third kappa shape index (κ3) is 1.20. The molecular formula is C6H13N2.